The van der Waals surface area contributed by atoms with Gasteiger partial charge in [0, 0.05) is 0 Å². The molecule has 2 aromatic heterocycles. The Bertz CT molecular complexity index is 2470. The quantitative estimate of drug-likeness (QED) is 0.219. The van der Waals surface area contributed by atoms with Crippen LogP contribution in [0.1, 0.15) is 33.6 Å². The molecule has 0 fully saturated rings. The molecule has 8 heteroatoms. The van der Waals surface area contributed by atoms with Gasteiger partial charge in [-0.15, -0.1) is 0 Å². The van der Waals surface area contributed by atoms with E-state index >= 15 is 0 Å². The molecule has 4 aliphatic heterocycles. The molecule has 0 saturated carbocycles. The first kappa shape index (κ1) is 34.6. The van der Waals surface area contributed by atoms with E-state index in [9.17, 15) is 0 Å². The van der Waals surface area contributed by atoms with Gasteiger partial charge in [0.2, 0.25) is 0 Å². The smallest absolute Gasteiger partial charge is 0.412 e. The summed E-state index contributed by atoms with van der Waals surface area (Å²) >= 11 is -1.43. The fraction of sp³-hybridized carbons (Fsp3) is 0. The van der Waals surface area contributed by atoms with Gasteiger partial charge in [0.1, 0.15) is 0 Å². The summed E-state index contributed by atoms with van der Waals surface area (Å²) in [4.78, 5) is 10.9. The number of aliphatic imine (C=N–C) groups is 2. The first-order chi connectivity index (χ1) is 24.3. The van der Waals surface area contributed by atoms with Crippen LogP contribution >= 0.6 is 0 Å². The Morgan fingerprint density at radius 1 is 0.365 bits per heavy atom. The number of rotatable bonds is 4. The summed E-state index contributed by atoms with van der Waals surface area (Å²) < 4.78 is 5.25. The Hall–Kier alpha value is -5.82. The number of benzene rings is 4. The molecule has 7 nitrogen and oxygen atoms in total. The number of hydrogen-bond acceptors (Lipinski definition) is 3. The molecule has 4 aliphatic rings. The van der Waals surface area contributed by atoms with Crippen molar-refractivity contribution in [1.82, 2.24) is 5.45 Å². The Kier molecular flexibility index (Phi) is 9.36. The fourth-order valence-corrected chi connectivity index (χ4v) is 10.8. The fourth-order valence-electron chi connectivity index (χ4n) is 7.31. The Morgan fingerprint density at radius 3 is 1.08 bits per heavy atom. The van der Waals surface area contributed by atoms with Crippen molar-refractivity contribution in [2.75, 3.05) is 0 Å². The van der Waals surface area contributed by atoms with Crippen molar-refractivity contribution in [3.63, 3.8) is 0 Å². The third-order valence-corrected chi connectivity index (χ3v) is 12.9. The first-order valence-corrected chi connectivity index (χ1v) is 18.8. The summed E-state index contributed by atoms with van der Waals surface area (Å²) in [5, 5.41) is 2.36. The van der Waals surface area contributed by atoms with Gasteiger partial charge >= 0.3 is 297 Å². The second kappa shape index (κ2) is 14.1. The summed E-state index contributed by atoms with van der Waals surface area (Å²) in [5.74, 6) is 0. The molecular weight excluding hydrogens is 754 g/mol. The summed E-state index contributed by atoms with van der Waals surface area (Å²) in [6.45, 7) is 0. The molecule has 0 amide bonds. The van der Waals surface area contributed by atoms with Crippen LogP contribution in [0.25, 0.3) is 22.3 Å². The minimum Gasteiger partial charge on any atom is -0.870 e. The van der Waals surface area contributed by atoms with E-state index in [1.807, 2.05) is 0 Å². The summed E-state index contributed by atoms with van der Waals surface area (Å²) in [7, 11) is 0. The van der Waals surface area contributed by atoms with E-state index in [0.29, 0.717) is 0 Å². The van der Waals surface area contributed by atoms with Crippen LogP contribution in [0.15, 0.2) is 191 Å². The molecule has 52 heavy (non-hydrogen) atoms. The summed E-state index contributed by atoms with van der Waals surface area (Å²) in [6, 6.07) is 52.2. The van der Waals surface area contributed by atoms with E-state index in [4.69, 9.17) is 9.98 Å². The van der Waals surface area contributed by atoms with Gasteiger partial charge in [-0.3, -0.25) is 0 Å². The van der Waals surface area contributed by atoms with Crippen molar-refractivity contribution in [2.45, 2.75) is 0 Å². The van der Waals surface area contributed by atoms with Crippen molar-refractivity contribution in [1.29, 1.82) is 0 Å². The van der Waals surface area contributed by atoms with Crippen LogP contribution in [0, 0.1) is 0 Å². The molecule has 0 saturated heterocycles. The zero-order valence-corrected chi connectivity index (χ0v) is 30.4. The average Bonchev–Trinajstić information content (AvgIpc) is 3.98. The molecule has 253 valence electrons. The van der Waals surface area contributed by atoms with Crippen molar-refractivity contribution < 1.29 is 16.4 Å². The number of hydrogen-bond donors (Lipinski definition) is 0. The van der Waals surface area contributed by atoms with Gasteiger partial charge in [-0.25, -0.2) is 0 Å². The van der Waals surface area contributed by atoms with Gasteiger partial charge in [-0.05, 0) is 0 Å². The van der Waals surface area contributed by atoms with Crippen LogP contribution in [-0.2, 0) is 0 Å². The second-order valence-corrected chi connectivity index (χ2v) is 15.1. The second-order valence-electron chi connectivity index (χ2n) is 12.3. The predicted octanol–water partition coefficient (Wildman–Crippen LogP) is 5.36. The molecular formula is C44H33N4O3Sb-. The Morgan fingerprint density at radius 2 is 0.712 bits per heavy atom. The SMILES string of the molecule is C1=CC2=C(c3ccccc3)c3ccc4[n]3[Sb][n]3c(ccc3=C(c3ccccc3)C3=NC(=C4c4ccccc4)C=C3)=C(c3ccccc3)C1=N2.O.O.[OH-]. The zero-order chi connectivity index (χ0) is 32.3. The molecule has 0 unspecified atom stereocenters. The molecule has 5 N–H and O–H groups in total. The molecule has 6 bridgehead atoms. The first-order valence-electron chi connectivity index (χ1n) is 16.5. The minimum atomic E-state index is -1.43. The standard InChI is InChI=1S/C44H28N4.3H2O.Sb/c1-5-13-29(14-6-1)41-33-21-23-35(45-33)42(30-15-7-2-8-16-30)37-25-27-39(47-37)44(32-19-11-4-12-20-32)40-28-26-38(48-40)43(31-17-9-3-10-18-31)36-24-22-34(41)46-36;;;;/h1-28H;3*1H2;/q-2;;;;+2/p-1. The molecule has 1 radical (unpaired) electrons. The molecule has 0 atom stereocenters. The van der Waals surface area contributed by atoms with Crippen LogP contribution in [0.3, 0.4) is 0 Å². The van der Waals surface area contributed by atoms with E-state index in [-0.39, 0.29) is 16.4 Å². The average molecular weight is 788 g/mol. The predicted molar refractivity (Wildman–Crippen MR) is 210 cm³/mol. The van der Waals surface area contributed by atoms with E-state index < -0.39 is 22.2 Å². The van der Waals surface area contributed by atoms with Crippen LogP contribution in [0.4, 0.5) is 0 Å². The summed E-state index contributed by atoms with van der Waals surface area (Å²) in [6.07, 6.45) is 8.80. The number of nitrogens with zero attached hydrogens (tertiary/aromatic N) is 4. The maximum atomic E-state index is 5.45. The maximum absolute atomic E-state index is 5.45. The zero-order valence-electron chi connectivity index (χ0n) is 27.8. The van der Waals surface area contributed by atoms with Gasteiger partial charge in [0.15, 0.2) is 0 Å². The van der Waals surface area contributed by atoms with Crippen molar-refractivity contribution in [3.05, 3.63) is 226 Å². The third-order valence-electron chi connectivity index (χ3n) is 9.47. The monoisotopic (exact) mass is 786 g/mol. The Labute approximate surface area is 311 Å². The van der Waals surface area contributed by atoms with E-state index in [1.54, 1.807) is 0 Å². The van der Waals surface area contributed by atoms with Gasteiger partial charge in [-0.1, -0.05) is 0 Å². The Balaban J connectivity index is 0.00000140. The molecule has 4 aromatic carbocycles. The van der Waals surface area contributed by atoms with Gasteiger partial charge in [0.05, 0.1) is 0 Å². The molecule has 6 heterocycles. The van der Waals surface area contributed by atoms with Gasteiger partial charge in [0.25, 0.3) is 0 Å². The largest absolute Gasteiger partial charge is 0.870 e. The van der Waals surface area contributed by atoms with Gasteiger partial charge in [-0.2, -0.15) is 0 Å². The van der Waals surface area contributed by atoms with Gasteiger partial charge < -0.3 is 16.4 Å². The molecule has 0 aliphatic carbocycles. The maximum Gasteiger partial charge on any atom is -0.412 e. The van der Waals surface area contributed by atoms with Crippen LogP contribution < -0.4 is 10.7 Å². The third kappa shape index (κ3) is 5.52. The molecule has 10 rings (SSSR count). The molecule has 6 aromatic rings. The van der Waals surface area contributed by atoms with E-state index in [2.05, 4.69) is 175 Å². The summed E-state index contributed by atoms with van der Waals surface area (Å²) in [5.41, 5.74) is 15.5. The number of aromatic nitrogens is 2. The normalized spacial score (nSPS) is 15.0. The molecule has 0 spiro atoms. The topological polar surface area (TPSA) is 128 Å². The number of fused-ring (bicyclic) bond motifs is 2. The number of allylic oxidation sites excluding steroid dienone is 4. The van der Waals surface area contributed by atoms with Crippen molar-refractivity contribution in [2.24, 2.45) is 9.98 Å². The van der Waals surface area contributed by atoms with E-state index in [1.165, 1.54) is 22.1 Å². The van der Waals surface area contributed by atoms with Crippen molar-refractivity contribution in [3.8, 4) is 0 Å². The van der Waals surface area contributed by atoms with Crippen LogP contribution in [0.5, 0.6) is 0 Å². The van der Waals surface area contributed by atoms with Crippen molar-refractivity contribution >= 4 is 55.9 Å². The van der Waals surface area contributed by atoms with Crippen LogP contribution in [0.2, 0.25) is 0 Å². The minimum absolute atomic E-state index is 0. The van der Waals surface area contributed by atoms with Crippen LogP contribution in [-0.4, -0.2) is 55.5 Å². The van der Waals surface area contributed by atoms with E-state index in [0.717, 1.165) is 67.4 Å².